The van der Waals surface area contributed by atoms with E-state index in [1.54, 1.807) is 33.9 Å². The molecule has 2 unspecified atom stereocenters. The van der Waals surface area contributed by atoms with Crippen molar-refractivity contribution in [2.75, 3.05) is 58.3 Å². The zero-order valence-electron chi connectivity index (χ0n) is 30.6. The lowest BCUT2D eigenvalue weighted by atomic mass is 9.92. The molecule has 3 aliphatic heterocycles. The topological polar surface area (TPSA) is 110 Å². The van der Waals surface area contributed by atoms with Crippen molar-refractivity contribution in [1.29, 1.82) is 0 Å². The molecule has 0 bridgehead atoms. The van der Waals surface area contributed by atoms with Crippen LogP contribution in [0.1, 0.15) is 54.3 Å². The Morgan fingerprint density at radius 1 is 0.655 bits per heavy atom. The average molecular weight is 770 g/mol. The summed E-state index contributed by atoms with van der Waals surface area (Å²) >= 11 is 0. The van der Waals surface area contributed by atoms with Crippen LogP contribution >= 0.6 is 21.6 Å². The molecule has 1 aliphatic carbocycles. The molecule has 55 heavy (non-hydrogen) atoms. The fraction of sp³-hybridized carbons (Fsp3) is 0.286. The van der Waals surface area contributed by atoms with Crippen molar-refractivity contribution in [3.63, 3.8) is 0 Å². The number of carbonyl (C=O) groups is 4. The van der Waals surface area contributed by atoms with Gasteiger partial charge in [-0.25, -0.2) is 4.98 Å². The number of fused-ring (bicyclic) bond motifs is 1. The van der Waals surface area contributed by atoms with Gasteiger partial charge in [0.15, 0.2) is 0 Å². The summed E-state index contributed by atoms with van der Waals surface area (Å²) in [5.74, 6) is -1.05. The number of amides is 4. The number of imide groups is 2. The maximum Gasteiger partial charge on any atom is 0.261 e. The van der Waals surface area contributed by atoms with E-state index in [2.05, 4.69) is 24.7 Å². The van der Waals surface area contributed by atoms with Crippen LogP contribution in [-0.4, -0.2) is 120 Å². The number of benzene rings is 4. The van der Waals surface area contributed by atoms with E-state index in [0.717, 1.165) is 57.7 Å². The highest BCUT2D eigenvalue weighted by Gasteiger charge is 2.46. The number of hydrogen-bond donors (Lipinski definition) is 0. The Balaban J connectivity index is 0.772. The fourth-order valence-electron chi connectivity index (χ4n) is 7.93. The summed E-state index contributed by atoms with van der Waals surface area (Å²) in [6, 6.07) is 25.5. The van der Waals surface area contributed by atoms with Gasteiger partial charge in [-0.2, -0.15) is 0 Å². The minimum atomic E-state index is -0.269. The van der Waals surface area contributed by atoms with E-state index in [9.17, 15) is 19.2 Å². The summed E-state index contributed by atoms with van der Waals surface area (Å²) in [5.41, 5.74) is 3.21. The van der Waals surface area contributed by atoms with Crippen LogP contribution in [0.15, 0.2) is 100.0 Å². The van der Waals surface area contributed by atoms with Gasteiger partial charge in [0, 0.05) is 75.7 Å². The lowest BCUT2D eigenvalue weighted by Crippen LogP contribution is -2.45. The van der Waals surface area contributed by atoms with Crippen LogP contribution in [-0.2, 0) is 0 Å². The highest BCUT2D eigenvalue weighted by Crippen LogP contribution is 2.44. The molecule has 4 aliphatic rings. The number of likely N-dealkylation sites (N-methyl/N-ethyl adjacent to an activating group) is 2. The first-order chi connectivity index (χ1) is 26.8. The molecule has 4 heterocycles. The lowest BCUT2D eigenvalue weighted by Gasteiger charge is -2.30. The van der Waals surface area contributed by atoms with E-state index in [1.165, 1.54) is 9.80 Å². The largest absolute Gasteiger partial charge is 0.327 e. The predicted molar refractivity (Wildman–Crippen MR) is 217 cm³/mol. The number of hydrogen-bond acceptors (Lipinski definition) is 11. The van der Waals surface area contributed by atoms with Crippen LogP contribution in [0.3, 0.4) is 0 Å². The molecule has 278 valence electrons. The lowest BCUT2D eigenvalue weighted by molar-refractivity contribution is 0.0585. The molecule has 0 N–H and O–H groups in total. The normalized spacial score (nSPS) is 18.5. The standard InChI is InChI=1S/C42H39N7O4S2/c1-45(20-22-47-39(50)28-10-5-8-26-33(49-25-44-32-24-34(32)49)15-13-30(37(26)28)41(47)52)18-7-19-46(2)21-23-48-40(51)29-11-6-9-27-35(16-14-31(38(27)29)42(48)53)54-55-36-12-3-4-17-43-36/h3-6,8-17,25,32,34H,7,18-24H2,1-2H3. The summed E-state index contributed by atoms with van der Waals surface area (Å²) in [7, 11) is 7.09. The predicted octanol–water partition coefficient (Wildman–Crippen LogP) is 6.32. The molecule has 5 aromatic rings. The number of carbonyl (C=O) groups excluding carboxylic acids is 4. The highest BCUT2D eigenvalue weighted by molar-refractivity contribution is 8.76. The van der Waals surface area contributed by atoms with Crippen molar-refractivity contribution < 1.29 is 19.2 Å². The zero-order chi connectivity index (χ0) is 37.8. The minimum absolute atomic E-state index is 0.257. The number of rotatable bonds is 14. The average Bonchev–Trinajstić information content (AvgIpc) is 3.87. The Morgan fingerprint density at radius 3 is 1.84 bits per heavy atom. The number of pyridine rings is 1. The van der Waals surface area contributed by atoms with Crippen LogP contribution in [0.4, 0.5) is 5.69 Å². The van der Waals surface area contributed by atoms with Crippen molar-refractivity contribution in [3.05, 3.63) is 107 Å². The first-order valence-corrected chi connectivity index (χ1v) is 20.7. The van der Waals surface area contributed by atoms with Crippen LogP contribution < -0.4 is 4.90 Å². The van der Waals surface area contributed by atoms with Gasteiger partial charge in [-0.1, -0.05) is 41.1 Å². The maximum absolute atomic E-state index is 13.7. The zero-order valence-corrected chi connectivity index (χ0v) is 32.2. The molecule has 0 saturated heterocycles. The van der Waals surface area contributed by atoms with Gasteiger partial charge in [-0.05, 0) is 105 Å². The molecule has 2 atom stereocenters. The number of nitrogens with zero attached hydrogens (tertiary/aromatic N) is 7. The summed E-state index contributed by atoms with van der Waals surface area (Å²) in [4.78, 5) is 73.8. The van der Waals surface area contributed by atoms with Crippen molar-refractivity contribution in [2.24, 2.45) is 4.99 Å². The Morgan fingerprint density at radius 2 is 1.25 bits per heavy atom. The molecule has 1 fully saturated rings. The monoisotopic (exact) mass is 769 g/mol. The smallest absolute Gasteiger partial charge is 0.261 e. The Bertz CT molecular complexity index is 2380. The first kappa shape index (κ1) is 35.6. The summed E-state index contributed by atoms with van der Waals surface area (Å²) < 4.78 is 0. The van der Waals surface area contributed by atoms with Crippen LogP contribution in [0.2, 0.25) is 0 Å². The van der Waals surface area contributed by atoms with Gasteiger partial charge >= 0.3 is 0 Å². The molecule has 4 aromatic carbocycles. The minimum Gasteiger partial charge on any atom is -0.327 e. The molecular weight excluding hydrogens is 731 g/mol. The van der Waals surface area contributed by atoms with Gasteiger partial charge in [-0.3, -0.25) is 34.0 Å². The maximum atomic E-state index is 13.7. The van der Waals surface area contributed by atoms with Crippen LogP contribution in [0.25, 0.3) is 21.5 Å². The molecule has 13 heteroatoms. The summed E-state index contributed by atoms with van der Waals surface area (Å²) in [5, 5.41) is 4.13. The highest BCUT2D eigenvalue weighted by atomic mass is 33.1. The Labute approximate surface area is 326 Å². The third-order valence-electron chi connectivity index (χ3n) is 11.0. The van der Waals surface area contributed by atoms with Gasteiger partial charge in [0.25, 0.3) is 23.6 Å². The van der Waals surface area contributed by atoms with Crippen LogP contribution in [0, 0.1) is 0 Å². The number of aliphatic imine (C=N–C) groups is 1. The van der Waals surface area contributed by atoms with Crippen LogP contribution in [0.5, 0.6) is 0 Å². The Hall–Kier alpha value is -5.08. The van der Waals surface area contributed by atoms with E-state index in [1.807, 2.05) is 93.2 Å². The SMILES string of the molecule is CN(CCCN(C)CCN1C(=O)c2cccc3c(N4C=NC5CC54)ccc(c23)C1=O)CCN1C(=O)c2cccc3c(SSc4ccccn4)ccc(c23)C1=O. The second kappa shape index (κ2) is 14.5. The third kappa shape index (κ3) is 6.48. The second-order valence-corrected chi connectivity index (χ2v) is 16.8. The van der Waals surface area contributed by atoms with Gasteiger partial charge in [-0.15, -0.1) is 0 Å². The van der Waals surface area contributed by atoms with E-state index < -0.39 is 0 Å². The fourth-order valence-corrected chi connectivity index (χ4v) is 9.98. The number of aromatic nitrogens is 1. The van der Waals surface area contributed by atoms with E-state index in [-0.39, 0.29) is 30.2 Å². The van der Waals surface area contributed by atoms with Gasteiger partial charge in [0.1, 0.15) is 5.03 Å². The van der Waals surface area contributed by atoms with Crippen molar-refractivity contribution in [3.8, 4) is 0 Å². The summed E-state index contributed by atoms with van der Waals surface area (Å²) in [6.07, 6.45) is 5.51. The summed E-state index contributed by atoms with van der Waals surface area (Å²) in [6.45, 7) is 3.17. The van der Waals surface area contributed by atoms with E-state index in [0.29, 0.717) is 59.4 Å². The molecule has 9 rings (SSSR count). The van der Waals surface area contributed by atoms with E-state index in [4.69, 9.17) is 0 Å². The molecule has 0 radical (unpaired) electrons. The van der Waals surface area contributed by atoms with Crippen molar-refractivity contribution in [2.45, 2.75) is 34.8 Å². The molecule has 1 saturated carbocycles. The van der Waals surface area contributed by atoms with Crippen molar-refractivity contribution in [1.82, 2.24) is 24.6 Å². The molecule has 0 spiro atoms. The molecule has 4 amide bonds. The molecule has 1 aromatic heterocycles. The first-order valence-electron chi connectivity index (χ1n) is 18.6. The quantitative estimate of drug-likeness (QED) is 0.0941. The third-order valence-corrected chi connectivity index (χ3v) is 13.3. The number of anilines is 1. The van der Waals surface area contributed by atoms with E-state index >= 15 is 0 Å². The molecular formula is C42H39N7O4S2. The van der Waals surface area contributed by atoms with Crippen molar-refractivity contribution >= 4 is 78.8 Å². The van der Waals surface area contributed by atoms with Gasteiger partial charge in [0.05, 0.1) is 24.1 Å². The second-order valence-electron chi connectivity index (χ2n) is 14.6. The van der Waals surface area contributed by atoms with Gasteiger partial charge < -0.3 is 14.7 Å². The van der Waals surface area contributed by atoms with Gasteiger partial charge in [0.2, 0.25) is 0 Å². The Kier molecular flexibility index (Phi) is 9.41. The molecule has 11 nitrogen and oxygen atoms in total.